The Labute approximate surface area is 104 Å². The Balaban J connectivity index is 2.60. The second kappa shape index (κ2) is 4.85. The van der Waals surface area contributed by atoms with Crippen LogP contribution in [0.2, 0.25) is 0 Å². The molecule has 92 valence electrons. The van der Waals surface area contributed by atoms with Crippen molar-refractivity contribution in [1.82, 2.24) is 14.5 Å². The number of nitrogens with one attached hydrogen (secondary N) is 1. The Morgan fingerprint density at radius 2 is 2.24 bits per heavy atom. The lowest BCUT2D eigenvalue weighted by atomic mass is 10.3. The summed E-state index contributed by atoms with van der Waals surface area (Å²) in [6.45, 7) is 2.62. The lowest BCUT2D eigenvalue weighted by Gasteiger charge is -2.12. The van der Waals surface area contributed by atoms with E-state index < -0.39 is 0 Å². The quantitative estimate of drug-likeness (QED) is 0.850. The lowest BCUT2D eigenvalue weighted by Crippen LogP contribution is -2.11. The summed E-state index contributed by atoms with van der Waals surface area (Å²) in [6.07, 6.45) is 0. The van der Waals surface area contributed by atoms with E-state index in [1.54, 1.807) is 20.3 Å². The van der Waals surface area contributed by atoms with Crippen molar-refractivity contribution in [3.05, 3.63) is 16.9 Å². The van der Waals surface area contributed by atoms with Crippen LogP contribution in [0.3, 0.4) is 0 Å². The maximum Gasteiger partial charge on any atom is 0.215 e. The van der Waals surface area contributed by atoms with E-state index in [2.05, 4.69) is 9.97 Å². The zero-order chi connectivity index (χ0) is 12.4. The summed E-state index contributed by atoms with van der Waals surface area (Å²) in [6, 6.07) is 3.84. The van der Waals surface area contributed by atoms with Gasteiger partial charge in [0.15, 0.2) is 10.4 Å². The average Bonchev–Trinajstić information content (AvgIpc) is 2.64. The molecule has 0 radical (unpaired) electrons. The molecule has 5 nitrogen and oxygen atoms in total. The van der Waals surface area contributed by atoms with Gasteiger partial charge in [0.2, 0.25) is 5.88 Å². The molecule has 0 aliphatic carbocycles. The van der Waals surface area contributed by atoms with E-state index in [4.69, 9.17) is 21.7 Å². The van der Waals surface area contributed by atoms with Crippen molar-refractivity contribution in [3.63, 3.8) is 0 Å². The van der Waals surface area contributed by atoms with Crippen molar-refractivity contribution in [3.8, 4) is 5.88 Å². The van der Waals surface area contributed by atoms with Crippen LogP contribution in [-0.4, -0.2) is 35.4 Å². The van der Waals surface area contributed by atoms with Gasteiger partial charge >= 0.3 is 0 Å². The summed E-state index contributed by atoms with van der Waals surface area (Å²) in [5.74, 6) is 0.574. The number of fused-ring (bicyclic) bond motifs is 1. The van der Waals surface area contributed by atoms with Crippen molar-refractivity contribution in [2.24, 2.45) is 0 Å². The van der Waals surface area contributed by atoms with Crippen LogP contribution in [0.1, 0.15) is 13.0 Å². The van der Waals surface area contributed by atoms with Gasteiger partial charge in [-0.3, -0.25) is 4.57 Å². The third kappa shape index (κ3) is 2.18. The zero-order valence-electron chi connectivity index (χ0n) is 10.1. The smallest absolute Gasteiger partial charge is 0.215 e. The number of aromatic amines is 1. The van der Waals surface area contributed by atoms with Crippen molar-refractivity contribution in [2.75, 3.05) is 20.8 Å². The number of methoxy groups -OCH3 is 2. The van der Waals surface area contributed by atoms with Gasteiger partial charge in [-0.05, 0) is 25.2 Å². The molecule has 0 aliphatic rings. The van der Waals surface area contributed by atoms with Crippen molar-refractivity contribution in [2.45, 2.75) is 13.0 Å². The molecule has 0 spiro atoms. The van der Waals surface area contributed by atoms with Crippen LogP contribution in [0.25, 0.3) is 11.2 Å². The van der Waals surface area contributed by atoms with Gasteiger partial charge in [-0.25, -0.2) is 0 Å². The first-order chi connectivity index (χ1) is 8.17. The van der Waals surface area contributed by atoms with Crippen LogP contribution in [0, 0.1) is 4.77 Å². The molecule has 1 atom stereocenters. The molecular weight excluding hydrogens is 238 g/mol. The highest BCUT2D eigenvalue weighted by molar-refractivity contribution is 7.71. The van der Waals surface area contributed by atoms with Crippen LogP contribution < -0.4 is 4.74 Å². The molecule has 0 fully saturated rings. The number of nitrogens with zero attached hydrogens (tertiary/aromatic N) is 2. The largest absolute Gasteiger partial charge is 0.481 e. The molecule has 2 aromatic rings. The molecule has 2 aromatic heterocycles. The van der Waals surface area contributed by atoms with Gasteiger partial charge in [0.25, 0.3) is 0 Å². The molecule has 0 saturated carbocycles. The predicted molar refractivity (Wildman–Crippen MR) is 68.1 cm³/mol. The van der Waals surface area contributed by atoms with Crippen LogP contribution in [0.15, 0.2) is 12.1 Å². The monoisotopic (exact) mass is 253 g/mol. The first-order valence-electron chi connectivity index (χ1n) is 5.31. The highest BCUT2D eigenvalue weighted by Gasteiger charge is 2.12. The molecule has 1 N–H and O–H groups in total. The lowest BCUT2D eigenvalue weighted by molar-refractivity contribution is 0.163. The van der Waals surface area contributed by atoms with Crippen molar-refractivity contribution < 1.29 is 9.47 Å². The highest BCUT2D eigenvalue weighted by atomic mass is 32.1. The normalized spacial score (nSPS) is 12.9. The summed E-state index contributed by atoms with van der Waals surface area (Å²) in [7, 11) is 3.27. The van der Waals surface area contributed by atoms with Gasteiger partial charge in [0, 0.05) is 13.2 Å². The Kier molecular flexibility index (Phi) is 3.44. The van der Waals surface area contributed by atoms with E-state index >= 15 is 0 Å². The van der Waals surface area contributed by atoms with Crippen LogP contribution in [0.5, 0.6) is 5.88 Å². The van der Waals surface area contributed by atoms with Gasteiger partial charge in [0.1, 0.15) is 0 Å². The number of H-pyrrole nitrogens is 1. The fourth-order valence-corrected chi connectivity index (χ4v) is 2.20. The zero-order valence-corrected chi connectivity index (χ0v) is 10.9. The van der Waals surface area contributed by atoms with Gasteiger partial charge < -0.3 is 14.5 Å². The predicted octanol–water partition coefficient (Wildman–Crippen LogP) is 2.31. The number of hydrogen-bond acceptors (Lipinski definition) is 4. The number of ether oxygens (including phenoxy) is 2. The highest BCUT2D eigenvalue weighted by Crippen LogP contribution is 2.20. The Hall–Kier alpha value is -1.40. The Morgan fingerprint density at radius 1 is 1.47 bits per heavy atom. The van der Waals surface area contributed by atoms with E-state index in [-0.39, 0.29) is 6.04 Å². The minimum atomic E-state index is 0.126. The van der Waals surface area contributed by atoms with Crippen molar-refractivity contribution in [1.29, 1.82) is 0 Å². The summed E-state index contributed by atoms with van der Waals surface area (Å²) in [5, 5.41) is 0. The number of rotatable bonds is 4. The van der Waals surface area contributed by atoms with Crippen LogP contribution >= 0.6 is 12.2 Å². The Morgan fingerprint density at radius 3 is 2.88 bits per heavy atom. The second-order valence-electron chi connectivity index (χ2n) is 3.83. The number of aromatic nitrogens is 3. The summed E-state index contributed by atoms with van der Waals surface area (Å²) in [4.78, 5) is 7.53. The molecule has 2 rings (SSSR count). The molecule has 17 heavy (non-hydrogen) atoms. The summed E-state index contributed by atoms with van der Waals surface area (Å²) < 4.78 is 12.9. The van der Waals surface area contributed by atoms with E-state index in [9.17, 15) is 0 Å². The summed E-state index contributed by atoms with van der Waals surface area (Å²) >= 11 is 5.29. The first-order valence-corrected chi connectivity index (χ1v) is 5.72. The van der Waals surface area contributed by atoms with Gasteiger partial charge in [-0.1, -0.05) is 0 Å². The minimum Gasteiger partial charge on any atom is -0.481 e. The third-order valence-corrected chi connectivity index (χ3v) is 2.89. The van der Waals surface area contributed by atoms with Crippen molar-refractivity contribution >= 4 is 23.4 Å². The molecule has 0 bridgehead atoms. The van der Waals surface area contributed by atoms with Gasteiger partial charge in [-0.15, -0.1) is 0 Å². The Bertz CT molecular complexity index is 576. The first kappa shape index (κ1) is 12.1. The molecule has 0 aliphatic heterocycles. The van der Waals surface area contributed by atoms with E-state index in [0.29, 0.717) is 17.3 Å². The van der Waals surface area contributed by atoms with Gasteiger partial charge in [-0.2, -0.15) is 4.98 Å². The van der Waals surface area contributed by atoms with Gasteiger partial charge in [0.05, 0.1) is 25.3 Å². The molecule has 1 unspecified atom stereocenters. The molecule has 6 heteroatoms. The number of pyridine rings is 1. The molecule has 0 amide bonds. The maximum atomic E-state index is 5.29. The van der Waals surface area contributed by atoms with E-state index in [0.717, 1.165) is 11.2 Å². The number of hydrogen-bond donors (Lipinski definition) is 1. The topological polar surface area (TPSA) is 52.1 Å². The molecular formula is C11H15N3O2S. The third-order valence-electron chi connectivity index (χ3n) is 2.60. The SMILES string of the molecule is COCC(C)n1c(=S)[nH]c2ccc(OC)nc21. The van der Waals surface area contributed by atoms with E-state index in [1.807, 2.05) is 17.6 Å². The average molecular weight is 253 g/mol. The maximum absolute atomic E-state index is 5.29. The summed E-state index contributed by atoms with van der Waals surface area (Å²) in [5.41, 5.74) is 1.69. The minimum absolute atomic E-state index is 0.126. The molecule has 2 heterocycles. The van der Waals surface area contributed by atoms with Crippen LogP contribution in [0.4, 0.5) is 0 Å². The fraction of sp³-hybridized carbons (Fsp3) is 0.455. The van der Waals surface area contributed by atoms with E-state index in [1.165, 1.54) is 0 Å². The van der Waals surface area contributed by atoms with Crippen LogP contribution in [-0.2, 0) is 4.74 Å². The fourth-order valence-electron chi connectivity index (χ4n) is 1.82. The molecule has 0 aromatic carbocycles. The standard InChI is InChI=1S/C11H15N3O2S/c1-7(6-15-2)14-10-8(12-11(14)17)4-5-9(13-10)16-3/h4-5,7H,6H2,1-3H3,(H,12,17). The second-order valence-corrected chi connectivity index (χ2v) is 4.22. The molecule has 0 saturated heterocycles. The number of imidazole rings is 1.